The second-order valence-corrected chi connectivity index (χ2v) is 10.2. The van der Waals surface area contributed by atoms with Gasteiger partial charge in [0.25, 0.3) is 15.9 Å². The second kappa shape index (κ2) is 11.9. The number of hydrazone groups is 1. The molecule has 1 heterocycles. The van der Waals surface area contributed by atoms with Gasteiger partial charge in [-0.2, -0.15) is 5.10 Å². The molecule has 0 atom stereocenters. The van der Waals surface area contributed by atoms with Crippen molar-refractivity contribution in [2.24, 2.45) is 5.10 Å². The number of nitrogens with one attached hydrogen (secondary N) is 1. The van der Waals surface area contributed by atoms with Gasteiger partial charge in [0.15, 0.2) is 0 Å². The lowest BCUT2D eigenvalue weighted by atomic mass is 10.1. The molecule has 0 radical (unpaired) electrons. The highest BCUT2D eigenvalue weighted by atomic mass is 35.5. The zero-order valence-electron chi connectivity index (χ0n) is 20.7. The topological polar surface area (TPSA) is 110 Å². The number of halogens is 1. The number of anilines is 1. The van der Waals surface area contributed by atoms with E-state index in [9.17, 15) is 13.2 Å². The van der Waals surface area contributed by atoms with Gasteiger partial charge in [-0.3, -0.25) is 9.10 Å². The molecule has 0 saturated heterocycles. The quantitative estimate of drug-likeness (QED) is 0.174. The van der Waals surface area contributed by atoms with Crippen LogP contribution in [0.5, 0.6) is 11.5 Å². The van der Waals surface area contributed by atoms with Crippen LogP contribution in [0.2, 0.25) is 5.15 Å². The molecule has 0 saturated carbocycles. The van der Waals surface area contributed by atoms with Crippen LogP contribution in [0.25, 0.3) is 10.9 Å². The highest BCUT2D eigenvalue weighted by molar-refractivity contribution is 7.92. The van der Waals surface area contributed by atoms with E-state index in [2.05, 4.69) is 15.5 Å². The molecule has 0 aliphatic carbocycles. The van der Waals surface area contributed by atoms with Crippen LogP contribution in [-0.2, 0) is 14.8 Å². The lowest BCUT2D eigenvalue weighted by Gasteiger charge is -2.24. The third-order valence-corrected chi connectivity index (χ3v) is 7.54. The van der Waals surface area contributed by atoms with Crippen LogP contribution in [0.1, 0.15) is 12.5 Å². The average Bonchev–Trinajstić information content (AvgIpc) is 2.93. The summed E-state index contributed by atoms with van der Waals surface area (Å²) >= 11 is 6.29. The Bertz CT molecular complexity index is 1560. The summed E-state index contributed by atoms with van der Waals surface area (Å²) in [7, 11) is -2.49. The lowest BCUT2D eigenvalue weighted by molar-refractivity contribution is -0.119. The number of fused-ring (bicyclic) bond motifs is 1. The molecular weight excluding hydrogens is 528 g/mol. The fourth-order valence-electron chi connectivity index (χ4n) is 3.61. The van der Waals surface area contributed by atoms with Gasteiger partial charge in [-0.15, -0.1) is 0 Å². The van der Waals surface area contributed by atoms with Crippen molar-refractivity contribution in [3.05, 3.63) is 89.6 Å². The van der Waals surface area contributed by atoms with Gasteiger partial charge in [0, 0.05) is 17.0 Å². The number of sulfonamides is 1. The largest absolute Gasteiger partial charge is 0.497 e. The molecule has 196 valence electrons. The number of nitrogens with zero attached hydrogens (tertiary/aromatic N) is 3. The number of amides is 1. The molecule has 4 rings (SSSR count). The van der Waals surface area contributed by atoms with E-state index in [0.717, 1.165) is 9.69 Å². The monoisotopic (exact) mass is 552 g/mol. The van der Waals surface area contributed by atoms with E-state index < -0.39 is 22.5 Å². The number of pyridine rings is 1. The number of benzene rings is 3. The Morgan fingerprint density at radius 2 is 1.76 bits per heavy atom. The van der Waals surface area contributed by atoms with Crippen molar-refractivity contribution < 1.29 is 22.7 Å². The third kappa shape index (κ3) is 6.21. The van der Waals surface area contributed by atoms with Crippen LogP contribution >= 0.6 is 11.6 Å². The molecule has 9 nitrogen and oxygen atoms in total. The fraction of sp³-hybridized carbons (Fsp3) is 0.148. The summed E-state index contributed by atoms with van der Waals surface area (Å²) in [5.41, 5.74) is 3.80. The number of carbonyl (C=O) groups excluding carboxylic acids is 1. The van der Waals surface area contributed by atoms with Crippen molar-refractivity contribution in [1.29, 1.82) is 0 Å². The van der Waals surface area contributed by atoms with Crippen molar-refractivity contribution in [2.45, 2.75) is 11.8 Å². The molecular formula is C27H25ClN4O5S. The van der Waals surface area contributed by atoms with E-state index in [-0.39, 0.29) is 10.0 Å². The Morgan fingerprint density at radius 3 is 2.45 bits per heavy atom. The zero-order chi connectivity index (χ0) is 27.1. The summed E-state index contributed by atoms with van der Waals surface area (Å²) in [6.07, 6.45) is 1.35. The minimum atomic E-state index is -4.05. The Balaban J connectivity index is 1.55. The Kier molecular flexibility index (Phi) is 8.45. The highest BCUT2D eigenvalue weighted by Gasteiger charge is 2.27. The number of rotatable bonds is 10. The van der Waals surface area contributed by atoms with Gasteiger partial charge in [0.2, 0.25) is 0 Å². The molecule has 0 spiro atoms. The SMILES string of the molecule is CCOc1ccc(N(CC(=O)N/N=C/c2cc3ccc(OC)cc3nc2Cl)S(=O)(=O)c2ccccc2)cc1. The highest BCUT2D eigenvalue weighted by Crippen LogP contribution is 2.26. The predicted molar refractivity (Wildman–Crippen MR) is 148 cm³/mol. The van der Waals surface area contributed by atoms with Gasteiger partial charge in [0.1, 0.15) is 23.2 Å². The van der Waals surface area contributed by atoms with Crippen molar-refractivity contribution in [3.8, 4) is 11.5 Å². The Morgan fingerprint density at radius 1 is 1.05 bits per heavy atom. The summed E-state index contributed by atoms with van der Waals surface area (Å²) in [6.45, 7) is 1.81. The molecule has 1 N–H and O–H groups in total. The maximum Gasteiger partial charge on any atom is 0.264 e. The first-order valence-corrected chi connectivity index (χ1v) is 13.4. The van der Waals surface area contributed by atoms with Gasteiger partial charge in [0.05, 0.1) is 36.0 Å². The number of carbonyl (C=O) groups is 1. The molecule has 38 heavy (non-hydrogen) atoms. The Labute approximate surface area is 225 Å². The lowest BCUT2D eigenvalue weighted by Crippen LogP contribution is -2.39. The molecule has 1 amide bonds. The molecule has 3 aromatic carbocycles. The van der Waals surface area contributed by atoms with Crippen LogP contribution in [-0.4, -0.2) is 45.8 Å². The van der Waals surface area contributed by atoms with E-state index in [1.165, 1.54) is 18.3 Å². The standard InChI is InChI=1S/C27H25ClN4O5S/c1-3-37-22-13-10-21(11-14-22)32(38(34,35)24-7-5-4-6-8-24)18-26(33)31-29-17-20-15-19-9-12-23(36-2)16-25(19)30-27(20)28/h4-17H,3,18H2,1-2H3,(H,31,33)/b29-17+. The smallest absolute Gasteiger partial charge is 0.264 e. The normalized spacial score (nSPS) is 11.4. The minimum Gasteiger partial charge on any atom is -0.497 e. The molecule has 0 unspecified atom stereocenters. The first-order valence-electron chi connectivity index (χ1n) is 11.6. The maximum absolute atomic E-state index is 13.4. The van der Waals surface area contributed by atoms with Gasteiger partial charge >= 0.3 is 0 Å². The van der Waals surface area contributed by atoms with Crippen molar-refractivity contribution in [2.75, 3.05) is 24.6 Å². The first kappa shape index (κ1) is 26.9. The summed E-state index contributed by atoms with van der Waals surface area (Å²) in [5, 5.41) is 4.96. The summed E-state index contributed by atoms with van der Waals surface area (Å²) in [6, 6.07) is 21.5. The number of hydrogen-bond acceptors (Lipinski definition) is 7. The maximum atomic E-state index is 13.4. The number of hydrogen-bond donors (Lipinski definition) is 1. The van der Waals surface area contributed by atoms with Crippen LogP contribution in [0.15, 0.2) is 88.9 Å². The first-order chi connectivity index (χ1) is 18.3. The fourth-order valence-corrected chi connectivity index (χ4v) is 5.24. The van der Waals surface area contributed by atoms with Crippen LogP contribution in [0.3, 0.4) is 0 Å². The third-order valence-electron chi connectivity index (χ3n) is 5.45. The van der Waals surface area contributed by atoms with Crippen molar-refractivity contribution in [1.82, 2.24) is 10.4 Å². The van der Waals surface area contributed by atoms with Crippen LogP contribution < -0.4 is 19.2 Å². The van der Waals surface area contributed by atoms with Gasteiger partial charge in [-0.05, 0) is 61.5 Å². The Hall–Kier alpha value is -4.15. The van der Waals surface area contributed by atoms with E-state index in [1.54, 1.807) is 67.8 Å². The van der Waals surface area contributed by atoms with Crippen LogP contribution in [0.4, 0.5) is 5.69 Å². The molecule has 11 heteroatoms. The second-order valence-electron chi connectivity index (χ2n) is 7.97. The molecule has 0 bridgehead atoms. The van der Waals surface area contributed by atoms with Gasteiger partial charge in [-0.25, -0.2) is 18.8 Å². The number of aromatic nitrogens is 1. The van der Waals surface area contributed by atoms with E-state index in [0.29, 0.717) is 34.9 Å². The predicted octanol–water partition coefficient (Wildman–Crippen LogP) is 4.64. The molecule has 0 aliphatic rings. The number of methoxy groups -OCH3 is 1. The van der Waals surface area contributed by atoms with Gasteiger partial charge in [-0.1, -0.05) is 29.8 Å². The van der Waals surface area contributed by atoms with Crippen molar-refractivity contribution in [3.63, 3.8) is 0 Å². The summed E-state index contributed by atoms with van der Waals surface area (Å²) in [5.74, 6) is 0.586. The summed E-state index contributed by atoms with van der Waals surface area (Å²) < 4.78 is 38.5. The van der Waals surface area contributed by atoms with E-state index >= 15 is 0 Å². The number of ether oxygens (including phenoxy) is 2. The minimum absolute atomic E-state index is 0.0517. The average molecular weight is 553 g/mol. The summed E-state index contributed by atoms with van der Waals surface area (Å²) in [4.78, 5) is 17.2. The molecule has 0 fully saturated rings. The van der Waals surface area contributed by atoms with E-state index in [4.69, 9.17) is 21.1 Å². The van der Waals surface area contributed by atoms with E-state index in [1.807, 2.05) is 13.0 Å². The molecule has 1 aromatic heterocycles. The van der Waals surface area contributed by atoms with Crippen LogP contribution in [0, 0.1) is 0 Å². The zero-order valence-corrected chi connectivity index (χ0v) is 22.2. The molecule has 0 aliphatic heterocycles. The van der Waals surface area contributed by atoms with Crippen molar-refractivity contribution >= 4 is 50.3 Å². The van der Waals surface area contributed by atoms with Gasteiger partial charge < -0.3 is 9.47 Å². The molecule has 4 aromatic rings.